The normalized spacial score (nSPS) is 16.8. The number of hydrogen-bond acceptors (Lipinski definition) is 5. The minimum absolute atomic E-state index is 0.379. The highest BCUT2D eigenvalue weighted by Gasteiger charge is 2.47. The summed E-state index contributed by atoms with van der Waals surface area (Å²) >= 11 is 0. The van der Waals surface area contributed by atoms with Gasteiger partial charge in [0.2, 0.25) is 0 Å². The summed E-state index contributed by atoms with van der Waals surface area (Å²) in [6.45, 7) is 2.33. The highest BCUT2D eigenvalue weighted by Crippen LogP contribution is 2.43. The summed E-state index contributed by atoms with van der Waals surface area (Å²) in [6, 6.07) is 22.8. The summed E-state index contributed by atoms with van der Waals surface area (Å²) in [5.41, 5.74) is 10.8. The van der Waals surface area contributed by atoms with Gasteiger partial charge >= 0.3 is 6.03 Å². The summed E-state index contributed by atoms with van der Waals surface area (Å²) in [5, 5.41) is 11.8. The molecule has 5 aromatic rings. The van der Waals surface area contributed by atoms with Gasteiger partial charge in [0.05, 0.1) is 18.5 Å². The summed E-state index contributed by atoms with van der Waals surface area (Å²) in [5.74, 6) is 7.23. The third-order valence-corrected chi connectivity index (χ3v) is 6.66. The predicted molar refractivity (Wildman–Crippen MR) is 143 cm³/mol. The van der Waals surface area contributed by atoms with Crippen LogP contribution in [-0.2, 0) is 10.4 Å². The van der Waals surface area contributed by atoms with Gasteiger partial charge in [-0.05, 0) is 48.2 Å². The Kier molecular flexibility index (Phi) is 5.79. The molecule has 1 fully saturated rings. The van der Waals surface area contributed by atoms with Crippen LogP contribution in [0, 0.1) is 18.8 Å². The summed E-state index contributed by atoms with van der Waals surface area (Å²) < 4.78 is 1.93. The molecule has 4 heterocycles. The zero-order valence-electron chi connectivity index (χ0n) is 20.7. The fourth-order valence-electron chi connectivity index (χ4n) is 4.96. The first-order valence-electron chi connectivity index (χ1n) is 12.2. The SMILES string of the molecule is Cc1cc(Nc2cccn3c(C#Cc4cccc(C5(c6ccccc6)CCON5C(N)=O)c4)cnc23)n[nH]1. The van der Waals surface area contributed by atoms with Crippen molar-refractivity contribution in [2.75, 3.05) is 11.9 Å². The minimum Gasteiger partial charge on any atom is -0.350 e. The Labute approximate surface area is 219 Å². The number of H-pyrrole nitrogens is 1. The van der Waals surface area contributed by atoms with Crippen LogP contribution in [-0.4, -0.2) is 37.3 Å². The Morgan fingerprint density at radius 3 is 2.71 bits per heavy atom. The Morgan fingerprint density at radius 1 is 1.08 bits per heavy atom. The Hall–Kier alpha value is -5.07. The lowest BCUT2D eigenvalue weighted by Crippen LogP contribution is -2.47. The average molecular weight is 504 g/mol. The number of amides is 2. The lowest BCUT2D eigenvalue weighted by atomic mass is 9.80. The van der Waals surface area contributed by atoms with Crippen LogP contribution in [0.25, 0.3) is 5.65 Å². The topological polar surface area (TPSA) is 114 Å². The van der Waals surface area contributed by atoms with Gasteiger partial charge in [0.1, 0.15) is 11.2 Å². The van der Waals surface area contributed by atoms with Crippen molar-refractivity contribution in [1.82, 2.24) is 24.6 Å². The lowest BCUT2D eigenvalue weighted by molar-refractivity contribution is -0.107. The molecule has 0 radical (unpaired) electrons. The van der Waals surface area contributed by atoms with Crippen molar-refractivity contribution in [2.24, 2.45) is 5.73 Å². The first kappa shape index (κ1) is 23.3. The first-order valence-corrected chi connectivity index (χ1v) is 12.2. The van der Waals surface area contributed by atoms with Gasteiger partial charge in [-0.1, -0.05) is 48.4 Å². The van der Waals surface area contributed by atoms with E-state index in [9.17, 15) is 4.79 Å². The van der Waals surface area contributed by atoms with E-state index < -0.39 is 11.6 Å². The molecule has 6 rings (SSSR count). The highest BCUT2D eigenvalue weighted by molar-refractivity contribution is 5.74. The van der Waals surface area contributed by atoms with Crippen molar-refractivity contribution < 1.29 is 9.63 Å². The third kappa shape index (κ3) is 4.03. The van der Waals surface area contributed by atoms with Crippen molar-refractivity contribution in [3.05, 3.63) is 113 Å². The standard InChI is InChI=1S/C29H25N7O2/c1-20-17-26(34-33-20)32-25-11-6-15-35-24(19-31-27(25)35)13-12-21-7-5-10-23(18-21)29(22-8-3-2-4-9-22)14-16-38-36(29)28(30)37/h2-11,15,17-19H,14,16H2,1H3,(H2,30,37)(H2,32,33,34). The van der Waals surface area contributed by atoms with Gasteiger partial charge in [-0.3, -0.25) is 14.3 Å². The number of rotatable bonds is 4. The number of anilines is 2. The molecule has 1 aliphatic heterocycles. The van der Waals surface area contributed by atoms with E-state index in [-0.39, 0.29) is 0 Å². The molecule has 38 heavy (non-hydrogen) atoms. The monoisotopic (exact) mass is 503 g/mol. The molecular weight excluding hydrogens is 478 g/mol. The number of urea groups is 1. The summed E-state index contributed by atoms with van der Waals surface area (Å²) in [4.78, 5) is 22.7. The lowest BCUT2D eigenvalue weighted by Gasteiger charge is -2.36. The van der Waals surface area contributed by atoms with Gasteiger partial charge in [0, 0.05) is 29.9 Å². The van der Waals surface area contributed by atoms with Crippen molar-refractivity contribution in [2.45, 2.75) is 18.9 Å². The second-order valence-corrected chi connectivity index (χ2v) is 9.09. The molecule has 4 N–H and O–H groups in total. The highest BCUT2D eigenvalue weighted by atomic mass is 16.7. The van der Waals surface area contributed by atoms with E-state index in [1.807, 2.05) is 90.3 Å². The number of aryl methyl sites for hydroxylation is 1. The third-order valence-electron chi connectivity index (χ3n) is 6.66. The van der Waals surface area contributed by atoms with Crippen LogP contribution in [0.3, 0.4) is 0 Å². The number of hydrogen-bond donors (Lipinski definition) is 3. The maximum atomic E-state index is 12.4. The molecule has 0 bridgehead atoms. The molecule has 0 spiro atoms. The first-order chi connectivity index (χ1) is 18.5. The number of carbonyl (C=O) groups is 1. The fraction of sp³-hybridized carbons (Fsp3) is 0.138. The molecule has 2 aromatic carbocycles. The molecule has 9 heteroatoms. The van der Waals surface area contributed by atoms with Crippen LogP contribution in [0.4, 0.5) is 16.3 Å². The smallest absolute Gasteiger partial charge is 0.339 e. The largest absolute Gasteiger partial charge is 0.350 e. The molecule has 2 amide bonds. The zero-order valence-corrected chi connectivity index (χ0v) is 20.7. The quantitative estimate of drug-likeness (QED) is 0.313. The molecule has 1 atom stereocenters. The van der Waals surface area contributed by atoms with Crippen LogP contribution >= 0.6 is 0 Å². The number of hydroxylamine groups is 2. The van der Waals surface area contributed by atoms with Crippen molar-refractivity contribution in [3.8, 4) is 11.8 Å². The molecule has 0 aliphatic carbocycles. The number of carbonyl (C=O) groups excluding carboxylic acids is 1. The van der Waals surface area contributed by atoms with Crippen LogP contribution in [0.1, 0.15) is 34.5 Å². The van der Waals surface area contributed by atoms with E-state index in [1.54, 1.807) is 6.20 Å². The van der Waals surface area contributed by atoms with Crippen LogP contribution in [0.15, 0.2) is 85.2 Å². The van der Waals surface area contributed by atoms with E-state index in [0.717, 1.165) is 45.2 Å². The van der Waals surface area contributed by atoms with Gasteiger partial charge in [-0.25, -0.2) is 9.78 Å². The van der Waals surface area contributed by atoms with E-state index in [1.165, 1.54) is 5.06 Å². The maximum absolute atomic E-state index is 12.4. The van der Waals surface area contributed by atoms with Crippen molar-refractivity contribution in [1.29, 1.82) is 0 Å². The van der Waals surface area contributed by atoms with Gasteiger partial charge in [0.15, 0.2) is 11.5 Å². The number of benzene rings is 2. The number of nitrogens with one attached hydrogen (secondary N) is 2. The summed E-state index contributed by atoms with van der Waals surface area (Å²) in [7, 11) is 0. The Morgan fingerprint density at radius 2 is 1.92 bits per heavy atom. The van der Waals surface area contributed by atoms with Crippen LogP contribution in [0.2, 0.25) is 0 Å². The Bertz CT molecular complexity index is 1700. The molecule has 3 aromatic heterocycles. The van der Waals surface area contributed by atoms with E-state index >= 15 is 0 Å². The number of primary amides is 1. The molecule has 9 nitrogen and oxygen atoms in total. The second kappa shape index (κ2) is 9.42. The fourth-order valence-corrected chi connectivity index (χ4v) is 4.96. The molecule has 188 valence electrons. The van der Waals surface area contributed by atoms with E-state index in [0.29, 0.717) is 13.0 Å². The number of aromatic amines is 1. The van der Waals surface area contributed by atoms with Gasteiger partial charge < -0.3 is 11.1 Å². The number of nitrogens with zero attached hydrogens (tertiary/aromatic N) is 4. The number of nitrogens with two attached hydrogens (primary N) is 1. The van der Waals surface area contributed by atoms with Crippen LogP contribution < -0.4 is 11.1 Å². The molecule has 1 aliphatic rings. The second-order valence-electron chi connectivity index (χ2n) is 9.09. The van der Waals surface area contributed by atoms with Crippen molar-refractivity contribution in [3.63, 3.8) is 0 Å². The molecular formula is C29H25N7O2. The van der Waals surface area contributed by atoms with Crippen molar-refractivity contribution >= 4 is 23.2 Å². The number of fused-ring (bicyclic) bond motifs is 1. The number of imidazole rings is 1. The predicted octanol–water partition coefficient (Wildman–Crippen LogP) is 4.47. The van der Waals surface area contributed by atoms with E-state index in [2.05, 4.69) is 32.3 Å². The number of pyridine rings is 1. The molecule has 1 saturated heterocycles. The molecule has 0 saturated carbocycles. The van der Waals surface area contributed by atoms with E-state index in [4.69, 9.17) is 10.6 Å². The average Bonchev–Trinajstić information content (AvgIpc) is 3.67. The minimum atomic E-state index is -0.834. The maximum Gasteiger partial charge on any atom is 0.339 e. The van der Waals surface area contributed by atoms with Gasteiger partial charge in [-0.2, -0.15) is 10.2 Å². The zero-order chi connectivity index (χ0) is 26.1. The summed E-state index contributed by atoms with van der Waals surface area (Å²) in [6.07, 6.45) is 4.25. The van der Waals surface area contributed by atoms with Gasteiger partial charge in [0.25, 0.3) is 0 Å². The number of aromatic nitrogens is 4. The van der Waals surface area contributed by atoms with Crippen LogP contribution in [0.5, 0.6) is 0 Å². The molecule has 1 unspecified atom stereocenters. The van der Waals surface area contributed by atoms with Gasteiger partial charge in [-0.15, -0.1) is 0 Å². The Balaban J connectivity index is 1.36.